The van der Waals surface area contributed by atoms with Crippen LogP contribution in [0.25, 0.3) is 33.2 Å². The van der Waals surface area contributed by atoms with Crippen LogP contribution in [0.2, 0.25) is 5.02 Å². The van der Waals surface area contributed by atoms with Gasteiger partial charge < -0.3 is 10.3 Å². The highest BCUT2D eigenvalue weighted by molar-refractivity contribution is 7.99. The Kier molecular flexibility index (Phi) is 5.84. The molecule has 32 heavy (non-hydrogen) atoms. The Labute approximate surface area is 195 Å². The highest BCUT2D eigenvalue weighted by Crippen LogP contribution is 2.26. The predicted molar refractivity (Wildman–Crippen MR) is 135 cm³/mol. The van der Waals surface area contributed by atoms with Crippen molar-refractivity contribution in [1.82, 2.24) is 9.97 Å². The molecule has 0 saturated carbocycles. The van der Waals surface area contributed by atoms with Gasteiger partial charge in [0.15, 0.2) is 0 Å². The second kappa shape index (κ2) is 9.07. The molecule has 1 heterocycles. The molecule has 0 aliphatic heterocycles. The van der Waals surface area contributed by atoms with Gasteiger partial charge in [-0.05, 0) is 58.8 Å². The first-order chi connectivity index (χ1) is 15.7. The monoisotopic (exact) mass is 457 g/mol. The minimum Gasteiger partial charge on any atom is -0.338 e. The van der Waals surface area contributed by atoms with Crippen LogP contribution >= 0.6 is 23.4 Å². The van der Waals surface area contributed by atoms with Gasteiger partial charge in [0.25, 0.3) is 0 Å². The van der Waals surface area contributed by atoms with Gasteiger partial charge in [0.05, 0.1) is 16.8 Å². The van der Waals surface area contributed by atoms with Crippen LogP contribution in [0.4, 0.5) is 5.69 Å². The van der Waals surface area contributed by atoms with Gasteiger partial charge in [0, 0.05) is 22.0 Å². The van der Waals surface area contributed by atoms with Crippen molar-refractivity contribution < 1.29 is 4.79 Å². The first kappa shape index (κ1) is 20.6. The standard InChI is InChI=1S/C26H20ClN3OS/c27-22-8-4-3-7-20(22)15-32-16-25(31)28-21-11-9-17(10-12-21)26-29-23-13-18-5-1-2-6-19(18)14-24(23)30-26/h1-14H,15-16H2,(H,28,31)(H,29,30). The van der Waals surface area contributed by atoms with E-state index in [1.807, 2.05) is 60.7 Å². The zero-order chi connectivity index (χ0) is 21.9. The van der Waals surface area contributed by atoms with E-state index in [2.05, 4.69) is 34.6 Å². The van der Waals surface area contributed by atoms with Crippen LogP contribution in [0.3, 0.4) is 0 Å². The van der Waals surface area contributed by atoms with E-state index in [4.69, 9.17) is 16.6 Å². The van der Waals surface area contributed by atoms with E-state index in [0.717, 1.165) is 38.7 Å². The van der Waals surface area contributed by atoms with Crippen LogP contribution in [0.15, 0.2) is 84.9 Å². The van der Waals surface area contributed by atoms with Crippen molar-refractivity contribution in [2.24, 2.45) is 0 Å². The number of carbonyl (C=O) groups is 1. The van der Waals surface area contributed by atoms with Gasteiger partial charge in [0.2, 0.25) is 5.91 Å². The average Bonchev–Trinajstić information content (AvgIpc) is 3.22. The van der Waals surface area contributed by atoms with E-state index >= 15 is 0 Å². The number of H-pyrrole nitrogens is 1. The summed E-state index contributed by atoms with van der Waals surface area (Å²) in [7, 11) is 0. The summed E-state index contributed by atoms with van der Waals surface area (Å²) < 4.78 is 0. The van der Waals surface area contributed by atoms with E-state index in [-0.39, 0.29) is 5.91 Å². The van der Waals surface area contributed by atoms with Crippen LogP contribution in [-0.2, 0) is 10.5 Å². The maximum Gasteiger partial charge on any atom is 0.234 e. The number of imidazole rings is 1. The Hall–Kier alpha value is -3.28. The van der Waals surface area contributed by atoms with Gasteiger partial charge in [-0.1, -0.05) is 54.1 Å². The molecule has 1 aromatic heterocycles. The van der Waals surface area contributed by atoms with Gasteiger partial charge in [-0.2, -0.15) is 0 Å². The SMILES string of the molecule is O=C(CSCc1ccccc1Cl)Nc1ccc(-c2nc3cc4ccccc4cc3[nH]2)cc1. The molecule has 5 aromatic rings. The molecule has 0 unspecified atom stereocenters. The number of hydrogen-bond donors (Lipinski definition) is 2. The normalized spacial score (nSPS) is 11.2. The molecule has 0 radical (unpaired) electrons. The summed E-state index contributed by atoms with van der Waals surface area (Å²) in [5.41, 5.74) is 4.71. The molecule has 0 aliphatic rings. The van der Waals surface area contributed by atoms with Crippen LogP contribution < -0.4 is 5.32 Å². The van der Waals surface area contributed by atoms with Crippen LogP contribution in [-0.4, -0.2) is 21.6 Å². The molecule has 0 aliphatic carbocycles. The third kappa shape index (κ3) is 4.49. The van der Waals surface area contributed by atoms with Gasteiger partial charge in [-0.15, -0.1) is 11.8 Å². The number of carbonyl (C=O) groups excluding carboxylic acids is 1. The molecule has 0 bridgehead atoms. The lowest BCUT2D eigenvalue weighted by Crippen LogP contribution is -2.14. The molecule has 0 saturated heterocycles. The molecule has 0 atom stereocenters. The first-order valence-electron chi connectivity index (χ1n) is 10.3. The van der Waals surface area contributed by atoms with E-state index in [0.29, 0.717) is 11.5 Å². The predicted octanol–water partition coefficient (Wildman–Crippen LogP) is 6.91. The van der Waals surface area contributed by atoms with E-state index in [9.17, 15) is 4.79 Å². The average molecular weight is 458 g/mol. The van der Waals surface area contributed by atoms with Gasteiger partial charge in [-0.3, -0.25) is 4.79 Å². The lowest BCUT2D eigenvalue weighted by atomic mass is 10.1. The summed E-state index contributed by atoms with van der Waals surface area (Å²) in [5, 5.41) is 6.03. The lowest BCUT2D eigenvalue weighted by Gasteiger charge is -2.07. The van der Waals surface area contributed by atoms with E-state index in [1.54, 1.807) is 0 Å². The van der Waals surface area contributed by atoms with Crippen molar-refractivity contribution in [2.75, 3.05) is 11.1 Å². The van der Waals surface area contributed by atoms with Crippen molar-refractivity contribution in [3.63, 3.8) is 0 Å². The number of hydrogen-bond acceptors (Lipinski definition) is 3. The zero-order valence-electron chi connectivity index (χ0n) is 17.1. The van der Waals surface area contributed by atoms with Crippen molar-refractivity contribution in [1.29, 1.82) is 0 Å². The highest BCUT2D eigenvalue weighted by Gasteiger charge is 2.08. The summed E-state index contributed by atoms with van der Waals surface area (Å²) >= 11 is 7.71. The molecule has 6 heteroatoms. The van der Waals surface area contributed by atoms with E-state index < -0.39 is 0 Å². The first-order valence-corrected chi connectivity index (χ1v) is 11.8. The topological polar surface area (TPSA) is 57.8 Å². The fourth-order valence-electron chi connectivity index (χ4n) is 3.61. The summed E-state index contributed by atoms with van der Waals surface area (Å²) in [6, 6.07) is 27.9. The maximum atomic E-state index is 12.3. The molecule has 0 spiro atoms. The minimum atomic E-state index is -0.0368. The Morgan fingerprint density at radius 1 is 0.938 bits per heavy atom. The molecular weight excluding hydrogens is 438 g/mol. The number of amides is 1. The fraction of sp³-hybridized carbons (Fsp3) is 0.0769. The lowest BCUT2D eigenvalue weighted by molar-refractivity contribution is -0.113. The molecule has 0 fully saturated rings. The number of aromatic amines is 1. The molecule has 1 amide bonds. The maximum absolute atomic E-state index is 12.3. The molecule has 4 nitrogen and oxygen atoms in total. The van der Waals surface area contributed by atoms with Crippen LogP contribution in [0.5, 0.6) is 0 Å². The number of fused-ring (bicyclic) bond motifs is 2. The molecule has 4 aromatic carbocycles. The number of nitrogens with zero attached hydrogens (tertiary/aromatic N) is 1. The highest BCUT2D eigenvalue weighted by atomic mass is 35.5. The molecule has 2 N–H and O–H groups in total. The molecule has 5 rings (SSSR count). The second-order valence-electron chi connectivity index (χ2n) is 7.51. The molecule has 158 valence electrons. The number of aromatic nitrogens is 2. The van der Waals surface area contributed by atoms with Crippen molar-refractivity contribution in [3.05, 3.63) is 95.5 Å². The van der Waals surface area contributed by atoms with Gasteiger partial charge >= 0.3 is 0 Å². The Balaban J connectivity index is 1.23. The fourth-order valence-corrected chi connectivity index (χ4v) is 4.72. The van der Waals surface area contributed by atoms with Crippen molar-refractivity contribution in [2.45, 2.75) is 5.75 Å². The third-order valence-electron chi connectivity index (χ3n) is 5.24. The molecular formula is C26H20ClN3OS. The van der Waals surface area contributed by atoms with Crippen LogP contribution in [0, 0.1) is 0 Å². The van der Waals surface area contributed by atoms with E-state index in [1.165, 1.54) is 22.5 Å². The number of halogens is 1. The van der Waals surface area contributed by atoms with Crippen molar-refractivity contribution >= 4 is 56.8 Å². The van der Waals surface area contributed by atoms with Crippen LogP contribution in [0.1, 0.15) is 5.56 Å². The summed E-state index contributed by atoms with van der Waals surface area (Å²) in [6.07, 6.45) is 0. The Morgan fingerprint density at radius 3 is 2.44 bits per heavy atom. The smallest absolute Gasteiger partial charge is 0.234 e. The Morgan fingerprint density at radius 2 is 1.66 bits per heavy atom. The minimum absolute atomic E-state index is 0.0368. The quantitative estimate of drug-likeness (QED) is 0.291. The number of benzene rings is 4. The zero-order valence-corrected chi connectivity index (χ0v) is 18.7. The Bertz CT molecular complexity index is 1360. The number of thioether (sulfide) groups is 1. The van der Waals surface area contributed by atoms with Gasteiger partial charge in [-0.25, -0.2) is 4.98 Å². The largest absolute Gasteiger partial charge is 0.338 e. The number of nitrogens with one attached hydrogen (secondary N) is 2. The number of anilines is 1. The summed E-state index contributed by atoms with van der Waals surface area (Å²) in [6.45, 7) is 0. The van der Waals surface area contributed by atoms with Crippen molar-refractivity contribution in [3.8, 4) is 11.4 Å². The third-order valence-corrected chi connectivity index (χ3v) is 6.59. The summed E-state index contributed by atoms with van der Waals surface area (Å²) in [4.78, 5) is 20.4. The summed E-state index contributed by atoms with van der Waals surface area (Å²) in [5.74, 6) is 1.84. The second-order valence-corrected chi connectivity index (χ2v) is 8.90. The van der Waals surface area contributed by atoms with Gasteiger partial charge in [0.1, 0.15) is 5.82 Å². The number of rotatable bonds is 6.